The fraction of sp³-hybridized carbons (Fsp3) is 0.267. The fourth-order valence-electron chi connectivity index (χ4n) is 2.40. The van der Waals surface area contributed by atoms with E-state index in [0.717, 1.165) is 12.0 Å². The van der Waals surface area contributed by atoms with E-state index in [1.165, 1.54) is 0 Å². The summed E-state index contributed by atoms with van der Waals surface area (Å²) < 4.78 is 4.95. The third-order valence-electron chi connectivity index (χ3n) is 3.54. The van der Waals surface area contributed by atoms with E-state index in [4.69, 9.17) is 9.63 Å². The van der Waals surface area contributed by atoms with E-state index in [-0.39, 0.29) is 17.9 Å². The molecule has 0 spiro atoms. The molecule has 22 heavy (non-hydrogen) atoms. The highest BCUT2D eigenvalue weighted by molar-refractivity contribution is 6.03. The van der Waals surface area contributed by atoms with Crippen LogP contribution in [0.5, 0.6) is 0 Å². The first kappa shape index (κ1) is 14.1. The normalized spacial score (nSPS) is 19.5. The maximum Gasteiger partial charge on any atom is 0.404 e. The minimum absolute atomic E-state index is 0.0762. The monoisotopic (exact) mass is 301 g/mol. The Bertz CT molecular complexity index is 725. The van der Waals surface area contributed by atoms with Crippen molar-refractivity contribution in [3.63, 3.8) is 0 Å². The van der Waals surface area contributed by atoms with Gasteiger partial charge in [-0.05, 0) is 31.0 Å². The van der Waals surface area contributed by atoms with Gasteiger partial charge in [0.2, 0.25) is 5.88 Å². The molecule has 3 rings (SSSR count). The lowest BCUT2D eigenvalue weighted by molar-refractivity contribution is 0.102. The molecule has 3 N–H and O–H groups in total. The van der Waals surface area contributed by atoms with Gasteiger partial charge in [0.05, 0.1) is 5.69 Å². The zero-order valence-corrected chi connectivity index (χ0v) is 11.9. The molecular weight excluding hydrogens is 286 g/mol. The molecule has 7 heteroatoms. The van der Waals surface area contributed by atoms with Gasteiger partial charge < -0.3 is 14.9 Å². The number of nitrogens with one attached hydrogen (secondary N) is 2. The molecule has 1 aromatic heterocycles. The number of carbonyl (C=O) groups is 2. The first-order valence-electron chi connectivity index (χ1n) is 6.87. The number of carboxylic acid groups (broad SMARTS) is 1. The number of nitrogens with zero attached hydrogens (tertiary/aromatic N) is 1. The van der Waals surface area contributed by atoms with Gasteiger partial charge in [-0.2, -0.15) is 0 Å². The van der Waals surface area contributed by atoms with Crippen LogP contribution >= 0.6 is 0 Å². The molecule has 0 bridgehead atoms. The van der Waals surface area contributed by atoms with Crippen molar-refractivity contribution in [3.05, 3.63) is 47.2 Å². The number of hydrogen-bond acceptors (Lipinski definition) is 4. The number of rotatable bonds is 4. The highest BCUT2D eigenvalue weighted by Gasteiger charge is 2.39. The summed E-state index contributed by atoms with van der Waals surface area (Å²) in [5.41, 5.74) is 2.12. The number of aryl methyl sites for hydroxylation is 1. The highest BCUT2D eigenvalue weighted by atomic mass is 16.5. The maximum atomic E-state index is 12.2. The van der Waals surface area contributed by atoms with Crippen LogP contribution in [0.15, 0.2) is 34.9 Å². The molecule has 2 aromatic rings. The van der Waals surface area contributed by atoms with Gasteiger partial charge >= 0.3 is 6.09 Å². The lowest BCUT2D eigenvalue weighted by Gasteiger charge is -2.05. The largest absolute Gasteiger partial charge is 0.465 e. The number of amides is 2. The molecule has 1 aliphatic carbocycles. The van der Waals surface area contributed by atoms with Crippen LogP contribution in [-0.2, 0) is 0 Å². The molecule has 2 amide bonds. The summed E-state index contributed by atoms with van der Waals surface area (Å²) in [5.74, 6) is 0.127. The Balaban J connectivity index is 1.69. The topological polar surface area (TPSA) is 104 Å². The molecule has 1 aromatic carbocycles. The lowest BCUT2D eigenvalue weighted by atomic mass is 10.1. The second-order valence-corrected chi connectivity index (χ2v) is 5.31. The number of anilines is 1. The molecule has 1 heterocycles. The van der Waals surface area contributed by atoms with Crippen LogP contribution in [0.3, 0.4) is 0 Å². The summed E-state index contributed by atoms with van der Waals surface area (Å²) in [6.07, 6.45) is -0.277. The zero-order chi connectivity index (χ0) is 15.7. The number of hydrogen-bond donors (Lipinski definition) is 3. The molecular formula is C15H15N3O4. The van der Waals surface area contributed by atoms with Gasteiger partial charge in [-0.15, -0.1) is 0 Å². The molecule has 114 valence electrons. The average Bonchev–Trinajstić information content (AvgIpc) is 3.11. The van der Waals surface area contributed by atoms with Crippen LogP contribution in [0.4, 0.5) is 10.7 Å². The van der Waals surface area contributed by atoms with Crippen molar-refractivity contribution in [1.82, 2.24) is 10.5 Å². The molecule has 0 radical (unpaired) electrons. The van der Waals surface area contributed by atoms with Gasteiger partial charge in [-0.3, -0.25) is 10.1 Å². The Morgan fingerprint density at radius 3 is 2.86 bits per heavy atom. The van der Waals surface area contributed by atoms with Crippen molar-refractivity contribution in [2.24, 2.45) is 0 Å². The summed E-state index contributed by atoms with van der Waals surface area (Å²) >= 11 is 0. The Labute approximate surface area is 126 Å². The number of aromatic nitrogens is 1. The second kappa shape index (κ2) is 5.51. The second-order valence-electron chi connectivity index (χ2n) is 5.31. The van der Waals surface area contributed by atoms with Crippen LogP contribution in [0.1, 0.15) is 34.0 Å². The summed E-state index contributed by atoms with van der Waals surface area (Å²) in [4.78, 5) is 22.8. The number of carbonyl (C=O) groups excluding carboxylic acids is 1. The van der Waals surface area contributed by atoms with E-state index in [2.05, 4.69) is 15.8 Å². The molecule has 1 fully saturated rings. The van der Waals surface area contributed by atoms with Gasteiger partial charge in [0.25, 0.3) is 5.91 Å². The Hall–Kier alpha value is -2.83. The van der Waals surface area contributed by atoms with Crippen LogP contribution in [0, 0.1) is 6.92 Å². The first-order chi connectivity index (χ1) is 10.5. The third kappa shape index (κ3) is 3.08. The van der Waals surface area contributed by atoms with Crippen molar-refractivity contribution >= 4 is 17.9 Å². The minimum Gasteiger partial charge on any atom is -0.465 e. The third-order valence-corrected chi connectivity index (χ3v) is 3.54. The highest BCUT2D eigenvalue weighted by Crippen LogP contribution is 2.40. The van der Waals surface area contributed by atoms with Crippen LogP contribution < -0.4 is 10.6 Å². The Morgan fingerprint density at radius 1 is 1.36 bits per heavy atom. The standard InChI is InChI=1S/C15H15N3O4/c1-8-5-13(22-18-8)17-14(19)10-4-2-3-9(6-10)11-7-12(11)16-15(20)21/h2-6,11-12,16H,7H2,1H3,(H,17,19)(H,20,21). The Morgan fingerprint density at radius 2 is 2.18 bits per heavy atom. The van der Waals surface area contributed by atoms with Crippen LogP contribution in [0.2, 0.25) is 0 Å². The van der Waals surface area contributed by atoms with E-state index in [9.17, 15) is 9.59 Å². The number of benzene rings is 1. The minimum atomic E-state index is -1.03. The van der Waals surface area contributed by atoms with E-state index in [1.807, 2.05) is 6.07 Å². The maximum absolute atomic E-state index is 12.2. The molecule has 0 saturated heterocycles. The van der Waals surface area contributed by atoms with Crippen molar-refractivity contribution in [2.75, 3.05) is 5.32 Å². The molecule has 7 nitrogen and oxygen atoms in total. The molecule has 2 atom stereocenters. The van der Waals surface area contributed by atoms with Crippen LogP contribution in [0.25, 0.3) is 0 Å². The fourth-order valence-corrected chi connectivity index (χ4v) is 2.40. The SMILES string of the molecule is Cc1cc(NC(=O)c2cccc(C3CC3NC(=O)O)c2)on1. The van der Waals surface area contributed by atoms with Gasteiger partial charge in [-0.25, -0.2) is 4.79 Å². The first-order valence-corrected chi connectivity index (χ1v) is 6.87. The van der Waals surface area contributed by atoms with Crippen LogP contribution in [-0.4, -0.2) is 28.3 Å². The molecule has 0 aliphatic heterocycles. The van der Waals surface area contributed by atoms with E-state index in [0.29, 0.717) is 17.1 Å². The van der Waals surface area contributed by atoms with Gasteiger partial charge in [0.1, 0.15) is 0 Å². The molecule has 1 saturated carbocycles. The predicted octanol–water partition coefficient (Wildman–Crippen LogP) is 2.36. The summed E-state index contributed by atoms with van der Waals surface area (Å²) in [6.45, 7) is 1.77. The van der Waals surface area contributed by atoms with E-state index < -0.39 is 6.09 Å². The van der Waals surface area contributed by atoms with Crippen molar-refractivity contribution < 1.29 is 19.2 Å². The summed E-state index contributed by atoms with van der Waals surface area (Å²) in [6, 6.07) is 8.70. The average molecular weight is 301 g/mol. The van der Waals surface area contributed by atoms with Gasteiger partial charge in [0.15, 0.2) is 0 Å². The van der Waals surface area contributed by atoms with Crippen molar-refractivity contribution in [2.45, 2.75) is 25.3 Å². The zero-order valence-electron chi connectivity index (χ0n) is 11.9. The van der Waals surface area contributed by atoms with E-state index in [1.54, 1.807) is 31.2 Å². The van der Waals surface area contributed by atoms with Gasteiger partial charge in [0, 0.05) is 23.6 Å². The van der Waals surface area contributed by atoms with Crippen molar-refractivity contribution in [3.8, 4) is 0 Å². The summed E-state index contributed by atoms with van der Waals surface area (Å²) in [7, 11) is 0. The van der Waals surface area contributed by atoms with E-state index >= 15 is 0 Å². The van der Waals surface area contributed by atoms with Gasteiger partial charge in [-0.1, -0.05) is 17.3 Å². The molecule has 1 aliphatic rings. The quantitative estimate of drug-likeness (QED) is 0.804. The lowest BCUT2D eigenvalue weighted by Crippen LogP contribution is -2.24. The predicted molar refractivity (Wildman–Crippen MR) is 77.9 cm³/mol. The molecule has 2 unspecified atom stereocenters. The summed E-state index contributed by atoms with van der Waals surface area (Å²) in [5, 5.41) is 17.5. The smallest absolute Gasteiger partial charge is 0.404 e. The van der Waals surface area contributed by atoms with Crippen molar-refractivity contribution in [1.29, 1.82) is 0 Å². The Kier molecular flexibility index (Phi) is 3.54.